The molecule has 1 aliphatic rings. The van der Waals surface area contributed by atoms with Gasteiger partial charge in [0.05, 0.1) is 17.5 Å². The Balaban J connectivity index is 1.63. The Labute approximate surface area is 252 Å². The molecule has 0 bridgehead atoms. The topological polar surface area (TPSA) is 163 Å². The van der Waals surface area contributed by atoms with Crippen LogP contribution in [0.2, 0.25) is 0 Å². The molecule has 12 nitrogen and oxygen atoms in total. The number of carboxylic acids is 1. The fourth-order valence-electron chi connectivity index (χ4n) is 4.76. The molecule has 4 rings (SSSR count). The number of nitrogens with one attached hydrogen (secondary N) is 5. The highest BCUT2D eigenvalue weighted by molar-refractivity contribution is 5.98. The number of alkyl carbamates (subject to hydrolysis) is 1. The fourth-order valence-corrected chi connectivity index (χ4v) is 4.76. The van der Waals surface area contributed by atoms with Crippen LogP contribution >= 0.6 is 0 Å². The number of aliphatic carboxylic acids is 1. The van der Waals surface area contributed by atoms with Crippen molar-refractivity contribution in [1.82, 2.24) is 31.2 Å². The average molecular weight is 615 g/mol. The van der Waals surface area contributed by atoms with Crippen LogP contribution in [0.4, 0.5) is 13.6 Å². The molecule has 1 aliphatic heterocycles. The molecule has 1 aromatic heterocycles. The maximum atomic E-state index is 16.0. The number of carbonyl (C=O) groups excluding carboxylic acids is 2. The van der Waals surface area contributed by atoms with Crippen molar-refractivity contribution in [3.05, 3.63) is 81.1 Å². The molecule has 2 heterocycles. The van der Waals surface area contributed by atoms with Gasteiger partial charge in [-0.1, -0.05) is 43.7 Å². The minimum Gasteiger partial charge on any atom is -0.480 e. The monoisotopic (exact) mass is 614 g/mol. The Morgan fingerprint density at radius 3 is 2.57 bits per heavy atom. The summed E-state index contributed by atoms with van der Waals surface area (Å²) in [6.07, 6.45) is 1.65. The number of nitrogens with zero attached hydrogens (tertiary/aromatic N) is 1. The summed E-state index contributed by atoms with van der Waals surface area (Å²) in [6, 6.07) is 8.64. The number of carbonyl (C=O) groups is 3. The Hall–Kier alpha value is -4.40. The van der Waals surface area contributed by atoms with Gasteiger partial charge in [-0.3, -0.25) is 25.5 Å². The molecular formula is C30H36F2N6O6. The van der Waals surface area contributed by atoms with Crippen LogP contribution in [-0.4, -0.2) is 66.2 Å². The van der Waals surface area contributed by atoms with Gasteiger partial charge >= 0.3 is 12.1 Å². The summed E-state index contributed by atoms with van der Waals surface area (Å²) < 4.78 is 37.5. The summed E-state index contributed by atoms with van der Waals surface area (Å²) in [7, 11) is 0. The first kappa shape index (κ1) is 32.5. The molecule has 0 radical (unpaired) electrons. The second-order valence-electron chi connectivity index (χ2n) is 10.3. The Morgan fingerprint density at radius 1 is 1.16 bits per heavy atom. The Morgan fingerprint density at radius 2 is 1.89 bits per heavy atom. The number of aryl methyl sites for hydroxylation is 2. The highest BCUT2D eigenvalue weighted by atomic mass is 19.1. The average Bonchev–Trinajstić information content (AvgIpc) is 3.53. The van der Waals surface area contributed by atoms with Crippen LogP contribution in [0.25, 0.3) is 10.9 Å². The van der Waals surface area contributed by atoms with Crippen molar-refractivity contribution in [1.29, 1.82) is 0 Å². The van der Waals surface area contributed by atoms with Crippen molar-refractivity contribution in [3.8, 4) is 0 Å². The van der Waals surface area contributed by atoms with Crippen molar-refractivity contribution in [2.45, 2.75) is 51.6 Å². The van der Waals surface area contributed by atoms with Crippen molar-refractivity contribution in [3.63, 3.8) is 0 Å². The molecule has 1 unspecified atom stereocenters. The SMILES string of the molecule is CCCCOC(=O)NC(CNC(=O)c1cn(CCc2ccccc2)c2c(F)c(CNC3NCCN3)c(F)cc2c1=O)C(=O)O. The van der Waals surface area contributed by atoms with E-state index < -0.39 is 53.2 Å². The van der Waals surface area contributed by atoms with E-state index >= 15 is 8.78 Å². The molecule has 14 heteroatoms. The van der Waals surface area contributed by atoms with E-state index in [1.165, 1.54) is 10.8 Å². The van der Waals surface area contributed by atoms with E-state index in [4.69, 9.17) is 4.74 Å². The van der Waals surface area contributed by atoms with Crippen LogP contribution in [0.5, 0.6) is 0 Å². The predicted octanol–water partition coefficient (Wildman–Crippen LogP) is 1.80. The second-order valence-corrected chi connectivity index (χ2v) is 10.3. The molecule has 6 N–H and O–H groups in total. The van der Waals surface area contributed by atoms with Crippen LogP contribution < -0.4 is 32.0 Å². The van der Waals surface area contributed by atoms with E-state index in [0.29, 0.717) is 25.9 Å². The molecular weight excluding hydrogens is 578 g/mol. The third kappa shape index (κ3) is 8.15. The minimum absolute atomic E-state index is 0.0971. The number of carboxylic acid groups (broad SMARTS) is 1. The van der Waals surface area contributed by atoms with Gasteiger partial charge < -0.3 is 25.0 Å². The lowest BCUT2D eigenvalue weighted by molar-refractivity contribution is -0.139. The Kier molecular flexibility index (Phi) is 11.4. The van der Waals surface area contributed by atoms with Gasteiger partial charge in [-0.25, -0.2) is 18.4 Å². The lowest BCUT2D eigenvalue weighted by Gasteiger charge is -2.19. The highest BCUT2D eigenvalue weighted by Gasteiger charge is 2.25. The minimum atomic E-state index is -1.55. The first-order chi connectivity index (χ1) is 21.2. The maximum absolute atomic E-state index is 16.0. The molecule has 0 aliphatic carbocycles. The van der Waals surface area contributed by atoms with E-state index in [1.807, 2.05) is 37.3 Å². The normalized spacial score (nSPS) is 14.0. The third-order valence-electron chi connectivity index (χ3n) is 7.17. The van der Waals surface area contributed by atoms with Crippen molar-refractivity contribution in [2.24, 2.45) is 0 Å². The predicted molar refractivity (Wildman–Crippen MR) is 158 cm³/mol. The standard InChI is InChI=1S/C30H36F2N6O6/c1-2-3-13-44-30(43)37-23(28(41)42)16-35-27(40)21-17-38(12-9-18-7-5-4-6-8-18)25-19(26(21)39)14-22(31)20(24(25)32)15-36-29-33-10-11-34-29/h4-8,14,17,23,29,33-34,36H,2-3,9-13,15-16H2,1H3,(H,35,40)(H,37,43)(H,41,42). The number of fused-ring (bicyclic) bond motifs is 1. The van der Waals surface area contributed by atoms with Crippen molar-refractivity contribution in [2.75, 3.05) is 26.2 Å². The van der Waals surface area contributed by atoms with Gasteiger partial charge in [0.15, 0.2) is 5.82 Å². The number of amides is 2. The zero-order valence-corrected chi connectivity index (χ0v) is 24.3. The van der Waals surface area contributed by atoms with Crippen molar-refractivity contribution >= 4 is 28.9 Å². The molecule has 3 aromatic rings. The molecule has 0 saturated carbocycles. The molecule has 1 fully saturated rings. The van der Waals surface area contributed by atoms with Crippen LogP contribution in [-0.2, 0) is 29.0 Å². The summed E-state index contributed by atoms with van der Waals surface area (Å²) in [5, 5.41) is 22.8. The van der Waals surface area contributed by atoms with Gasteiger partial charge in [-0.05, 0) is 24.5 Å². The number of hydrogen-bond donors (Lipinski definition) is 6. The third-order valence-corrected chi connectivity index (χ3v) is 7.17. The second kappa shape index (κ2) is 15.4. The molecule has 236 valence electrons. The lowest BCUT2D eigenvalue weighted by atomic mass is 10.0. The lowest BCUT2D eigenvalue weighted by Crippen LogP contribution is -2.49. The molecule has 2 amide bonds. The Bertz CT molecular complexity index is 1540. The quantitative estimate of drug-likeness (QED) is 0.149. The summed E-state index contributed by atoms with van der Waals surface area (Å²) in [4.78, 5) is 50.2. The fraction of sp³-hybridized carbons (Fsp3) is 0.400. The van der Waals surface area contributed by atoms with Gasteiger partial charge in [0.2, 0.25) is 5.43 Å². The first-order valence-corrected chi connectivity index (χ1v) is 14.4. The zero-order chi connectivity index (χ0) is 31.6. The summed E-state index contributed by atoms with van der Waals surface area (Å²) in [5.41, 5.74) is -0.880. The number of rotatable bonds is 14. The van der Waals surface area contributed by atoms with Gasteiger partial charge in [0, 0.05) is 44.5 Å². The molecule has 44 heavy (non-hydrogen) atoms. The summed E-state index contributed by atoms with van der Waals surface area (Å²) >= 11 is 0. The summed E-state index contributed by atoms with van der Waals surface area (Å²) in [6.45, 7) is 2.77. The maximum Gasteiger partial charge on any atom is 0.407 e. The van der Waals surface area contributed by atoms with E-state index in [9.17, 15) is 24.3 Å². The number of hydrogen-bond acceptors (Lipinski definition) is 8. The summed E-state index contributed by atoms with van der Waals surface area (Å²) in [5.74, 6) is -4.30. The van der Waals surface area contributed by atoms with Crippen LogP contribution in [0.15, 0.2) is 47.4 Å². The van der Waals surface area contributed by atoms with Crippen LogP contribution in [0.3, 0.4) is 0 Å². The highest BCUT2D eigenvalue weighted by Crippen LogP contribution is 2.24. The number of halogens is 2. The molecule has 1 atom stereocenters. The van der Waals surface area contributed by atoms with Crippen LogP contribution in [0, 0.1) is 11.6 Å². The zero-order valence-electron chi connectivity index (χ0n) is 24.3. The van der Waals surface area contributed by atoms with Gasteiger partial charge in [0.1, 0.15) is 23.7 Å². The van der Waals surface area contributed by atoms with Crippen LogP contribution in [0.1, 0.15) is 41.3 Å². The molecule has 0 spiro atoms. The largest absolute Gasteiger partial charge is 0.480 e. The van der Waals surface area contributed by atoms with E-state index in [0.717, 1.165) is 18.1 Å². The molecule has 1 saturated heterocycles. The number of aromatic nitrogens is 1. The smallest absolute Gasteiger partial charge is 0.407 e. The van der Waals surface area contributed by atoms with Gasteiger partial charge in [-0.15, -0.1) is 0 Å². The van der Waals surface area contributed by atoms with Gasteiger partial charge in [0.25, 0.3) is 5.91 Å². The number of unbranched alkanes of at least 4 members (excludes halogenated alkanes) is 1. The molecule has 2 aromatic carbocycles. The number of ether oxygens (including phenoxy) is 1. The first-order valence-electron chi connectivity index (χ1n) is 14.4. The van der Waals surface area contributed by atoms with E-state index in [2.05, 4.69) is 26.6 Å². The van der Waals surface area contributed by atoms with Gasteiger partial charge in [-0.2, -0.15) is 0 Å². The van der Waals surface area contributed by atoms with Crippen molar-refractivity contribution < 1.29 is 33.0 Å². The number of pyridine rings is 1. The number of benzene rings is 2. The van der Waals surface area contributed by atoms with E-state index in [1.54, 1.807) is 0 Å². The van der Waals surface area contributed by atoms with E-state index in [-0.39, 0.29) is 42.5 Å².